The summed E-state index contributed by atoms with van der Waals surface area (Å²) < 4.78 is 119. The Bertz CT molecular complexity index is 945. The number of halogens is 9. The molecular formula is C20H19F9N2O4. The molecule has 3 rings (SSSR count). The number of rotatable bonds is 4. The zero-order valence-electron chi connectivity index (χ0n) is 17.7. The van der Waals surface area contributed by atoms with Crippen molar-refractivity contribution in [1.82, 2.24) is 9.80 Å². The number of carbonyl (C=O) groups excluding carboxylic acids is 1. The van der Waals surface area contributed by atoms with Gasteiger partial charge in [0.15, 0.2) is 0 Å². The summed E-state index contributed by atoms with van der Waals surface area (Å²) in [6, 6.07) is 2.89. The summed E-state index contributed by atoms with van der Waals surface area (Å²) in [5.74, 6) is -1.71. The molecule has 0 unspecified atom stereocenters. The molecule has 0 radical (unpaired) electrons. The summed E-state index contributed by atoms with van der Waals surface area (Å²) in [6.07, 6.45) is -21.9. The predicted octanol–water partition coefficient (Wildman–Crippen LogP) is 4.93. The fraction of sp³-hybridized carbons (Fsp3) is 0.600. The lowest BCUT2D eigenvalue weighted by Crippen LogP contribution is -2.60. The first-order valence-electron chi connectivity index (χ1n) is 10.2. The Kier molecular flexibility index (Phi) is 6.96. The van der Waals surface area contributed by atoms with Crippen LogP contribution in [0.5, 0.6) is 0 Å². The van der Waals surface area contributed by atoms with E-state index in [0.29, 0.717) is 13.1 Å². The first kappa shape index (κ1) is 26.9. The summed E-state index contributed by atoms with van der Waals surface area (Å²) in [5, 5.41) is 8.95. The Morgan fingerprint density at radius 3 is 1.97 bits per heavy atom. The normalized spacial score (nSPS) is 19.1. The van der Waals surface area contributed by atoms with Crippen molar-refractivity contribution in [2.45, 2.75) is 44.0 Å². The Labute approximate surface area is 192 Å². The molecule has 15 heteroatoms. The van der Waals surface area contributed by atoms with Crippen LogP contribution in [0.4, 0.5) is 44.3 Å². The molecule has 1 N–H and O–H groups in total. The molecule has 1 amide bonds. The van der Waals surface area contributed by atoms with Crippen LogP contribution in [0.25, 0.3) is 0 Å². The van der Waals surface area contributed by atoms with Crippen LogP contribution in [0.3, 0.4) is 0 Å². The maximum atomic E-state index is 13.2. The maximum absolute atomic E-state index is 13.2. The number of carbonyl (C=O) groups is 2. The van der Waals surface area contributed by atoms with E-state index in [9.17, 15) is 49.1 Å². The molecule has 2 saturated heterocycles. The SMILES string of the molecule is O=C(O)c1ccc(CN2CC3(CCN(C(=O)OC(C(F)(F)F)C(F)(F)F)CC3)C2)cc1C(F)(F)F. The average Bonchev–Trinajstić information content (AvgIpc) is 2.68. The number of piperidine rings is 1. The third kappa shape index (κ3) is 6.11. The van der Waals surface area contributed by atoms with Gasteiger partial charge in [-0.15, -0.1) is 0 Å². The van der Waals surface area contributed by atoms with Crippen LogP contribution in [0.15, 0.2) is 18.2 Å². The molecule has 0 atom stereocenters. The van der Waals surface area contributed by atoms with Crippen molar-refractivity contribution in [2.24, 2.45) is 5.41 Å². The number of carboxylic acid groups (broad SMARTS) is 1. The molecule has 1 aromatic rings. The molecule has 0 aliphatic carbocycles. The molecule has 2 aliphatic rings. The molecule has 0 aromatic heterocycles. The van der Waals surface area contributed by atoms with Crippen molar-refractivity contribution in [2.75, 3.05) is 26.2 Å². The van der Waals surface area contributed by atoms with Gasteiger partial charge in [-0.1, -0.05) is 6.07 Å². The molecule has 6 nitrogen and oxygen atoms in total. The highest BCUT2D eigenvalue weighted by Gasteiger charge is 2.60. The Morgan fingerprint density at radius 2 is 1.51 bits per heavy atom. The van der Waals surface area contributed by atoms with Gasteiger partial charge in [0.1, 0.15) is 0 Å². The van der Waals surface area contributed by atoms with Crippen LogP contribution < -0.4 is 0 Å². The highest BCUT2D eigenvalue weighted by molar-refractivity contribution is 5.89. The topological polar surface area (TPSA) is 70.1 Å². The van der Waals surface area contributed by atoms with E-state index in [2.05, 4.69) is 4.74 Å². The molecule has 0 bridgehead atoms. The number of benzene rings is 1. The monoisotopic (exact) mass is 522 g/mol. The standard InChI is InChI=1S/C20H19F9N2O4/c21-18(22,23)13-7-11(1-2-12(13)14(32)33)8-30-9-17(10-30)3-5-31(6-4-17)16(34)35-15(19(24,25)26)20(27,28)29/h1-2,7,15H,3-6,8-10H2,(H,32,33). The third-order valence-electron chi connectivity index (χ3n) is 6.04. The summed E-state index contributed by atoms with van der Waals surface area (Å²) >= 11 is 0. The molecule has 1 aromatic carbocycles. The summed E-state index contributed by atoms with van der Waals surface area (Å²) in [7, 11) is 0. The number of ether oxygens (including phenoxy) is 1. The Balaban J connectivity index is 1.55. The number of hydrogen-bond donors (Lipinski definition) is 1. The molecule has 196 valence electrons. The van der Waals surface area contributed by atoms with Gasteiger partial charge in [-0.2, -0.15) is 39.5 Å². The van der Waals surface area contributed by atoms with Gasteiger partial charge in [0.2, 0.25) is 0 Å². The van der Waals surface area contributed by atoms with Crippen molar-refractivity contribution >= 4 is 12.1 Å². The van der Waals surface area contributed by atoms with E-state index in [1.54, 1.807) is 4.90 Å². The van der Waals surface area contributed by atoms with Gasteiger partial charge in [-0.3, -0.25) is 4.90 Å². The Hall–Kier alpha value is -2.71. The van der Waals surface area contributed by atoms with Gasteiger partial charge in [0.05, 0.1) is 11.1 Å². The molecule has 0 saturated carbocycles. The second-order valence-corrected chi connectivity index (χ2v) is 8.66. The van der Waals surface area contributed by atoms with Gasteiger partial charge in [0, 0.05) is 32.7 Å². The van der Waals surface area contributed by atoms with Crippen molar-refractivity contribution in [3.63, 3.8) is 0 Å². The van der Waals surface area contributed by atoms with E-state index in [0.717, 1.165) is 17.0 Å². The van der Waals surface area contributed by atoms with Crippen LogP contribution in [-0.2, 0) is 17.5 Å². The fourth-order valence-corrected chi connectivity index (χ4v) is 4.36. The number of nitrogens with zero attached hydrogens (tertiary/aromatic N) is 2. The van der Waals surface area contributed by atoms with Crippen LogP contribution in [0, 0.1) is 5.41 Å². The van der Waals surface area contributed by atoms with E-state index in [4.69, 9.17) is 5.11 Å². The minimum absolute atomic E-state index is 0.0787. The number of alkyl halides is 9. The first-order chi connectivity index (χ1) is 15.9. The second-order valence-electron chi connectivity index (χ2n) is 8.66. The van der Waals surface area contributed by atoms with Gasteiger partial charge >= 0.3 is 30.6 Å². The minimum atomic E-state index is -5.81. The number of hydrogen-bond acceptors (Lipinski definition) is 4. The molecular weight excluding hydrogens is 503 g/mol. The van der Waals surface area contributed by atoms with Crippen molar-refractivity contribution < 1.29 is 58.9 Å². The number of aromatic carboxylic acids is 1. The van der Waals surface area contributed by atoms with Gasteiger partial charge in [0.25, 0.3) is 6.10 Å². The van der Waals surface area contributed by atoms with Gasteiger partial charge in [-0.25, -0.2) is 9.59 Å². The lowest BCUT2D eigenvalue weighted by atomic mass is 9.72. The lowest BCUT2D eigenvalue weighted by molar-refractivity contribution is -0.308. The fourth-order valence-electron chi connectivity index (χ4n) is 4.36. The molecule has 2 aliphatic heterocycles. The van der Waals surface area contributed by atoms with Crippen LogP contribution >= 0.6 is 0 Å². The van der Waals surface area contributed by atoms with E-state index in [1.807, 2.05) is 0 Å². The summed E-state index contributed by atoms with van der Waals surface area (Å²) in [4.78, 5) is 25.5. The molecule has 2 fully saturated rings. The highest BCUT2D eigenvalue weighted by atomic mass is 19.4. The third-order valence-corrected chi connectivity index (χ3v) is 6.04. The maximum Gasteiger partial charge on any atom is 0.434 e. The quantitative estimate of drug-likeness (QED) is 0.568. The first-order valence-corrected chi connectivity index (χ1v) is 10.2. The average molecular weight is 522 g/mol. The Morgan fingerprint density at radius 1 is 0.971 bits per heavy atom. The van der Waals surface area contributed by atoms with E-state index in [1.165, 1.54) is 6.07 Å². The summed E-state index contributed by atoms with van der Waals surface area (Å²) in [5.41, 5.74) is -2.32. The van der Waals surface area contributed by atoms with Crippen molar-refractivity contribution in [3.05, 3.63) is 34.9 Å². The number of likely N-dealkylation sites (tertiary alicyclic amines) is 2. The molecule has 35 heavy (non-hydrogen) atoms. The predicted molar refractivity (Wildman–Crippen MR) is 99.3 cm³/mol. The van der Waals surface area contributed by atoms with Crippen LogP contribution in [0.1, 0.15) is 34.3 Å². The second kappa shape index (κ2) is 9.06. The van der Waals surface area contributed by atoms with E-state index in [-0.39, 0.29) is 38.0 Å². The molecule has 1 spiro atoms. The number of carboxylic acids is 1. The van der Waals surface area contributed by atoms with Crippen LogP contribution in [0.2, 0.25) is 0 Å². The van der Waals surface area contributed by atoms with E-state index >= 15 is 0 Å². The highest BCUT2D eigenvalue weighted by Crippen LogP contribution is 2.42. The van der Waals surface area contributed by atoms with Crippen molar-refractivity contribution in [3.8, 4) is 0 Å². The van der Waals surface area contributed by atoms with Gasteiger partial charge in [-0.05, 0) is 36.0 Å². The van der Waals surface area contributed by atoms with Crippen LogP contribution in [-0.4, -0.2) is 71.6 Å². The zero-order chi connectivity index (χ0) is 26.4. The molecule has 2 heterocycles. The lowest BCUT2D eigenvalue weighted by Gasteiger charge is -2.54. The van der Waals surface area contributed by atoms with E-state index < -0.39 is 53.2 Å². The number of amides is 1. The summed E-state index contributed by atoms with van der Waals surface area (Å²) in [6.45, 7) is 0.563. The smallest absolute Gasteiger partial charge is 0.434 e. The van der Waals surface area contributed by atoms with Crippen molar-refractivity contribution in [1.29, 1.82) is 0 Å². The largest absolute Gasteiger partial charge is 0.478 e. The zero-order valence-corrected chi connectivity index (χ0v) is 17.7. The minimum Gasteiger partial charge on any atom is -0.478 e. The van der Waals surface area contributed by atoms with Gasteiger partial charge < -0.3 is 14.7 Å².